The number of rotatable bonds is 8. The smallest absolute Gasteiger partial charge is 0.191 e. The summed E-state index contributed by atoms with van der Waals surface area (Å²) in [5, 5.41) is 6.74. The average molecular weight is 564 g/mol. The molecule has 0 unspecified atom stereocenters. The van der Waals surface area contributed by atoms with E-state index in [1.54, 1.807) is 6.26 Å². The summed E-state index contributed by atoms with van der Waals surface area (Å²) < 4.78 is 17.8. The predicted molar refractivity (Wildman–Crippen MR) is 124 cm³/mol. The van der Waals surface area contributed by atoms with E-state index >= 15 is 0 Å². The number of nitrogens with one attached hydrogen (secondary N) is 2. The SMILES string of the molecule is CC1(CCNC(=NCc2ccc(Br)cc2)NCCc2ccco2)OCCO1.I. The van der Waals surface area contributed by atoms with Gasteiger partial charge >= 0.3 is 0 Å². The third kappa shape index (κ3) is 7.73. The molecule has 1 fully saturated rings. The Hall–Kier alpha value is -1.10. The highest BCUT2D eigenvalue weighted by Gasteiger charge is 2.30. The second kappa shape index (κ2) is 11.8. The first-order valence-corrected chi connectivity index (χ1v) is 9.99. The van der Waals surface area contributed by atoms with Gasteiger partial charge in [0, 0.05) is 30.4 Å². The van der Waals surface area contributed by atoms with Crippen molar-refractivity contribution < 1.29 is 13.9 Å². The molecule has 2 heterocycles. The van der Waals surface area contributed by atoms with Gasteiger partial charge in [-0.25, -0.2) is 4.99 Å². The Morgan fingerprint density at radius 1 is 1.11 bits per heavy atom. The second-order valence-corrected chi connectivity index (χ2v) is 7.47. The molecule has 0 amide bonds. The lowest BCUT2D eigenvalue weighted by Crippen LogP contribution is -2.41. The van der Waals surface area contributed by atoms with E-state index in [-0.39, 0.29) is 24.0 Å². The molecule has 6 nitrogen and oxygen atoms in total. The van der Waals surface area contributed by atoms with Gasteiger partial charge in [-0.05, 0) is 36.8 Å². The first-order valence-electron chi connectivity index (χ1n) is 9.20. The number of halogens is 2. The fourth-order valence-corrected chi connectivity index (χ4v) is 3.07. The largest absolute Gasteiger partial charge is 0.469 e. The van der Waals surface area contributed by atoms with Gasteiger partial charge in [0.05, 0.1) is 26.0 Å². The molecule has 0 spiro atoms. The number of nitrogens with zero attached hydrogens (tertiary/aromatic N) is 1. The topological polar surface area (TPSA) is 68.0 Å². The minimum atomic E-state index is -0.502. The molecule has 2 aromatic rings. The van der Waals surface area contributed by atoms with Crippen LogP contribution in [0.3, 0.4) is 0 Å². The molecule has 28 heavy (non-hydrogen) atoms. The second-order valence-electron chi connectivity index (χ2n) is 6.55. The van der Waals surface area contributed by atoms with Crippen molar-refractivity contribution in [2.75, 3.05) is 26.3 Å². The molecule has 1 aliphatic heterocycles. The van der Waals surface area contributed by atoms with Gasteiger partial charge in [-0.2, -0.15) is 0 Å². The summed E-state index contributed by atoms with van der Waals surface area (Å²) in [4.78, 5) is 4.70. The first-order chi connectivity index (χ1) is 13.1. The molecule has 154 valence electrons. The minimum absolute atomic E-state index is 0. The van der Waals surface area contributed by atoms with E-state index in [1.165, 1.54) is 0 Å². The summed E-state index contributed by atoms with van der Waals surface area (Å²) in [5.74, 6) is 1.22. The normalized spacial score (nSPS) is 15.9. The van der Waals surface area contributed by atoms with Crippen molar-refractivity contribution in [1.82, 2.24) is 10.6 Å². The zero-order chi connectivity index (χ0) is 19.0. The number of furan rings is 1. The quantitative estimate of drug-likeness (QED) is 0.288. The van der Waals surface area contributed by atoms with Crippen molar-refractivity contribution in [2.24, 2.45) is 4.99 Å². The summed E-state index contributed by atoms with van der Waals surface area (Å²) in [5.41, 5.74) is 1.15. The van der Waals surface area contributed by atoms with E-state index in [4.69, 9.17) is 18.9 Å². The molecule has 1 saturated heterocycles. The predicted octanol–water partition coefficient (Wildman–Crippen LogP) is 4.09. The van der Waals surface area contributed by atoms with Crippen LogP contribution in [0, 0.1) is 0 Å². The van der Waals surface area contributed by atoms with Crippen molar-refractivity contribution in [3.63, 3.8) is 0 Å². The average Bonchev–Trinajstić information content (AvgIpc) is 3.33. The molecule has 0 radical (unpaired) electrons. The Balaban J connectivity index is 0.00000280. The Morgan fingerprint density at radius 2 is 1.82 bits per heavy atom. The fraction of sp³-hybridized carbons (Fsp3) is 0.450. The van der Waals surface area contributed by atoms with Crippen molar-refractivity contribution in [1.29, 1.82) is 0 Å². The lowest BCUT2D eigenvalue weighted by Gasteiger charge is -2.23. The van der Waals surface area contributed by atoms with E-state index in [0.29, 0.717) is 26.3 Å². The minimum Gasteiger partial charge on any atom is -0.469 e. The Morgan fingerprint density at radius 3 is 2.50 bits per heavy atom. The number of aliphatic imine (C=N–C) groups is 1. The number of hydrogen-bond donors (Lipinski definition) is 2. The lowest BCUT2D eigenvalue weighted by atomic mass is 10.2. The Labute approximate surface area is 191 Å². The highest BCUT2D eigenvalue weighted by Crippen LogP contribution is 2.21. The van der Waals surface area contributed by atoms with Crippen molar-refractivity contribution >= 4 is 45.9 Å². The molecular weight excluding hydrogens is 537 g/mol. The highest BCUT2D eigenvalue weighted by atomic mass is 127. The standard InChI is InChI=1S/C20H26BrN3O3.HI/c1-20(26-13-14-27-20)9-11-23-19(22-10-8-18-3-2-12-25-18)24-15-16-4-6-17(21)7-5-16;/h2-7,12H,8-11,13-15H2,1H3,(H2,22,23,24);1H. The van der Waals surface area contributed by atoms with Crippen LogP contribution in [-0.4, -0.2) is 38.0 Å². The molecule has 1 aromatic carbocycles. The van der Waals surface area contributed by atoms with Crippen LogP contribution < -0.4 is 10.6 Å². The van der Waals surface area contributed by atoms with Crippen LogP contribution in [0.4, 0.5) is 0 Å². The number of benzene rings is 1. The third-order valence-electron chi connectivity index (χ3n) is 4.35. The van der Waals surface area contributed by atoms with Crippen molar-refractivity contribution in [2.45, 2.75) is 32.1 Å². The van der Waals surface area contributed by atoms with Gasteiger partial charge in [0.25, 0.3) is 0 Å². The summed E-state index contributed by atoms with van der Waals surface area (Å²) in [7, 11) is 0. The molecule has 8 heteroatoms. The van der Waals surface area contributed by atoms with E-state index in [2.05, 4.69) is 38.7 Å². The number of hydrogen-bond acceptors (Lipinski definition) is 4. The molecule has 0 atom stereocenters. The van der Waals surface area contributed by atoms with Gasteiger partial charge in [0.1, 0.15) is 5.76 Å². The zero-order valence-electron chi connectivity index (χ0n) is 15.9. The highest BCUT2D eigenvalue weighted by molar-refractivity contribution is 14.0. The molecule has 1 aliphatic rings. The molecule has 3 rings (SSSR count). The molecule has 0 bridgehead atoms. The van der Waals surface area contributed by atoms with Gasteiger partial charge in [-0.15, -0.1) is 24.0 Å². The zero-order valence-corrected chi connectivity index (χ0v) is 19.9. The Kier molecular flexibility index (Phi) is 9.76. The van der Waals surface area contributed by atoms with Crippen LogP contribution in [-0.2, 0) is 22.4 Å². The third-order valence-corrected chi connectivity index (χ3v) is 4.88. The van der Waals surface area contributed by atoms with E-state index in [9.17, 15) is 0 Å². The molecule has 0 aliphatic carbocycles. The molecule has 2 N–H and O–H groups in total. The summed E-state index contributed by atoms with van der Waals surface area (Å²) in [6.07, 6.45) is 3.25. The van der Waals surface area contributed by atoms with Crippen molar-refractivity contribution in [3.05, 3.63) is 58.5 Å². The van der Waals surface area contributed by atoms with E-state index in [0.717, 1.165) is 41.1 Å². The lowest BCUT2D eigenvalue weighted by molar-refractivity contribution is -0.145. The van der Waals surface area contributed by atoms with Crippen LogP contribution in [0.25, 0.3) is 0 Å². The molecular formula is C20H27BrIN3O3. The number of ether oxygens (including phenoxy) is 2. The number of guanidine groups is 1. The van der Waals surface area contributed by atoms with Crippen LogP contribution >= 0.6 is 39.9 Å². The molecule has 0 saturated carbocycles. The van der Waals surface area contributed by atoms with E-state index < -0.39 is 5.79 Å². The summed E-state index contributed by atoms with van der Waals surface area (Å²) in [6, 6.07) is 12.1. The summed E-state index contributed by atoms with van der Waals surface area (Å²) >= 11 is 3.46. The summed E-state index contributed by atoms with van der Waals surface area (Å²) in [6.45, 7) is 5.34. The van der Waals surface area contributed by atoms with Crippen LogP contribution in [0.5, 0.6) is 0 Å². The Bertz CT molecular complexity index is 717. The van der Waals surface area contributed by atoms with Gasteiger partial charge in [0.15, 0.2) is 11.7 Å². The van der Waals surface area contributed by atoms with Crippen LogP contribution in [0.1, 0.15) is 24.7 Å². The van der Waals surface area contributed by atoms with Crippen LogP contribution in [0.2, 0.25) is 0 Å². The van der Waals surface area contributed by atoms with Gasteiger partial charge < -0.3 is 24.5 Å². The van der Waals surface area contributed by atoms with Crippen molar-refractivity contribution in [3.8, 4) is 0 Å². The monoisotopic (exact) mass is 563 g/mol. The van der Waals surface area contributed by atoms with Crippen LogP contribution in [0.15, 0.2) is 56.5 Å². The maximum atomic E-state index is 5.65. The van der Waals surface area contributed by atoms with Gasteiger partial charge in [0.2, 0.25) is 0 Å². The van der Waals surface area contributed by atoms with Gasteiger partial charge in [-0.3, -0.25) is 0 Å². The first kappa shape index (κ1) is 23.2. The van der Waals surface area contributed by atoms with Gasteiger partial charge in [-0.1, -0.05) is 28.1 Å². The maximum Gasteiger partial charge on any atom is 0.191 e. The maximum absolute atomic E-state index is 5.65. The fourth-order valence-electron chi connectivity index (χ4n) is 2.80. The molecule has 1 aromatic heterocycles. The van der Waals surface area contributed by atoms with E-state index in [1.807, 2.05) is 31.2 Å².